The van der Waals surface area contributed by atoms with Gasteiger partial charge in [0.15, 0.2) is 0 Å². The quantitative estimate of drug-likeness (QED) is 0.842. The van der Waals surface area contributed by atoms with Gasteiger partial charge >= 0.3 is 0 Å². The SMILES string of the molecule is C#CC(C)(C)NC1CCCOc2cc(Br)ccc21. The summed E-state index contributed by atoms with van der Waals surface area (Å²) in [7, 11) is 0. The van der Waals surface area contributed by atoms with Crippen LogP contribution in [0, 0.1) is 12.3 Å². The standard InChI is InChI=1S/C15H18BrNO/c1-4-15(2,3)17-13-6-5-9-18-14-10-11(16)7-8-12(13)14/h1,7-8,10,13,17H,5-6,9H2,2-3H3. The second-order valence-corrected chi connectivity index (χ2v) is 6.05. The Morgan fingerprint density at radius 3 is 3.00 bits per heavy atom. The Balaban J connectivity index is 2.31. The number of hydrogen-bond donors (Lipinski definition) is 1. The zero-order valence-electron chi connectivity index (χ0n) is 10.8. The predicted molar refractivity (Wildman–Crippen MR) is 77.7 cm³/mol. The first-order valence-electron chi connectivity index (χ1n) is 6.19. The van der Waals surface area contributed by atoms with Gasteiger partial charge in [0.1, 0.15) is 5.75 Å². The summed E-state index contributed by atoms with van der Waals surface area (Å²) < 4.78 is 6.83. The molecule has 0 fully saturated rings. The summed E-state index contributed by atoms with van der Waals surface area (Å²) in [5, 5.41) is 3.53. The van der Waals surface area contributed by atoms with Crippen molar-refractivity contribution in [3.63, 3.8) is 0 Å². The van der Waals surface area contributed by atoms with Gasteiger partial charge in [0.25, 0.3) is 0 Å². The van der Waals surface area contributed by atoms with E-state index in [9.17, 15) is 0 Å². The molecule has 1 unspecified atom stereocenters. The van der Waals surface area contributed by atoms with Crippen molar-refractivity contribution in [1.82, 2.24) is 5.32 Å². The lowest BCUT2D eigenvalue weighted by molar-refractivity contribution is 0.313. The van der Waals surface area contributed by atoms with Crippen molar-refractivity contribution in [3.8, 4) is 18.1 Å². The first-order chi connectivity index (χ1) is 8.52. The van der Waals surface area contributed by atoms with E-state index in [1.165, 1.54) is 5.56 Å². The highest BCUT2D eigenvalue weighted by atomic mass is 79.9. The Hall–Kier alpha value is -0.980. The monoisotopic (exact) mass is 307 g/mol. The lowest BCUT2D eigenvalue weighted by Crippen LogP contribution is -2.40. The number of ether oxygens (including phenoxy) is 1. The van der Waals surface area contributed by atoms with E-state index < -0.39 is 0 Å². The molecule has 1 aliphatic heterocycles. The van der Waals surface area contributed by atoms with E-state index in [0.29, 0.717) is 0 Å². The number of halogens is 1. The van der Waals surface area contributed by atoms with Gasteiger partial charge in [-0.15, -0.1) is 6.42 Å². The van der Waals surface area contributed by atoms with E-state index in [1.54, 1.807) is 0 Å². The second-order valence-electron chi connectivity index (χ2n) is 5.14. The Morgan fingerprint density at radius 1 is 1.50 bits per heavy atom. The fourth-order valence-electron chi connectivity index (χ4n) is 2.17. The Kier molecular flexibility index (Phi) is 3.99. The maximum Gasteiger partial charge on any atom is 0.125 e. The summed E-state index contributed by atoms with van der Waals surface area (Å²) >= 11 is 3.48. The molecule has 0 aliphatic carbocycles. The maximum absolute atomic E-state index is 5.79. The zero-order chi connectivity index (χ0) is 13.2. The van der Waals surface area contributed by atoms with Gasteiger partial charge in [-0.25, -0.2) is 0 Å². The van der Waals surface area contributed by atoms with Crippen LogP contribution in [0.15, 0.2) is 22.7 Å². The van der Waals surface area contributed by atoms with Crippen LogP contribution in [-0.4, -0.2) is 12.1 Å². The average molecular weight is 308 g/mol. The Labute approximate surface area is 117 Å². The van der Waals surface area contributed by atoms with Crippen molar-refractivity contribution in [2.75, 3.05) is 6.61 Å². The fourth-order valence-corrected chi connectivity index (χ4v) is 2.51. The minimum Gasteiger partial charge on any atom is -0.493 e. The van der Waals surface area contributed by atoms with Crippen LogP contribution in [-0.2, 0) is 0 Å². The van der Waals surface area contributed by atoms with Crippen molar-refractivity contribution in [1.29, 1.82) is 0 Å². The third-order valence-electron chi connectivity index (χ3n) is 3.14. The average Bonchev–Trinajstić information content (AvgIpc) is 2.51. The molecule has 0 amide bonds. The molecule has 2 nitrogen and oxygen atoms in total. The van der Waals surface area contributed by atoms with Gasteiger partial charge in [-0.2, -0.15) is 0 Å². The van der Waals surface area contributed by atoms with Gasteiger partial charge in [0, 0.05) is 16.1 Å². The number of terminal acetylenes is 1. The first kappa shape index (κ1) is 13.5. The molecule has 1 aromatic rings. The highest BCUT2D eigenvalue weighted by Gasteiger charge is 2.25. The van der Waals surface area contributed by atoms with Crippen LogP contribution in [0.4, 0.5) is 0 Å². The lowest BCUT2D eigenvalue weighted by atomic mass is 9.97. The molecule has 3 heteroatoms. The van der Waals surface area contributed by atoms with Crippen LogP contribution >= 0.6 is 15.9 Å². The van der Waals surface area contributed by atoms with Crippen LogP contribution in [0.3, 0.4) is 0 Å². The number of nitrogens with one attached hydrogen (secondary N) is 1. The van der Waals surface area contributed by atoms with Crippen LogP contribution in [0.1, 0.15) is 38.3 Å². The summed E-state index contributed by atoms with van der Waals surface area (Å²) in [5.74, 6) is 3.74. The molecule has 0 saturated heterocycles. The first-order valence-corrected chi connectivity index (χ1v) is 6.99. The normalized spacial score (nSPS) is 19.3. The molecule has 2 rings (SSSR count). The minimum absolute atomic E-state index is 0.252. The Bertz CT molecular complexity index is 476. The molecule has 0 bridgehead atoms. The number of rotatable bonds is 2. The van der Waals surface area contributed by atoms with E-state index in [-0.39, 0.29) is 11.6 Å². The Morgan fingerprint density at radius 2 is 2.28 bits per heavy atom. The highest BCUT2D eigenvalue weighted by Crippen LogP contribution is 2.34. The zero-order valence-corrected chi connectivity index (χ0v) is 12.4. The highest BCUT2D eigenvalue weighted by molar-refractivity contribution is 9.10. The topological polar surface area (TPSA) is 21.3 Å². The molecule has 0 saturated carbocycles. The molecular weight excluding hydrogens is 290 g/mol. The smallest absolute Gasteiger partial charge is 0.125 e. The predicted octanol–water partition coefficient (Wildman–Crippen LogP) is 3.66. The van der Waals surface area contributed by atoms with Crippen LogP contribution in [0.25, 0.3) is 0 Å². The number of fused-ring (bicyclic) bond motifs is 1. The molecule has 0 radical (unpaired) electrons. The second kappa shape index (κ2) is 5.34. The summed E-state index contributed by atoms with van der Waals surface area (Å²) in [6.07, 6.45) is 7.63. The molecule has 0 aromatic heterocycles. The van der Waals surface area contributed by atoms with Crippen molar-refractivity contribution in [3.05, 3.63) is 28.2 Å². The third kappa shape index (κ3) is 3.07. The third-order valence-corrected chi connectivity index (χ3v) is 3.63. The molecule has 1 aliphatic rings. The molecule has 96 valence electrons. The van der Waals surface area contributed by atoms with Crippen molar-refractivity contribution >= 4 is 15.9 Å². The van der Waals surface area contributed by atoms with Gasteiger partial charge in [0.2, 0.25) is 0 Å². The largest absolute Gasteiger partial charge is 0.493 e. The van der Waals surface area contributed by atoms with E-state index >= 15 is 0 Å². The lowest BCUT2D eigenvalue weighted by Gasteiger charge is -2.27. The maximum atomic E-state index is 5.79. The molecule has 1 N–H and O–H groups in total. The van der Waals surface area contributed by atoms with E-state index in [4.69, 9.17) is 11.2 Å². The van der Waals surface area contributed by atoms with Gasteiger partial charge in [-0.1, -0.05) is 27.9 Å². The van der Waals surface area contributed by atoms with E-state index in [1.807, 2.05) is 26.0 Å². The summed E-state index contributed by atoms with van der Waals surface area (Å²) in [5.41, 5.74) is 0.887. The van der Waals surface area contributed by atoms with Crippen LogP contribution in [0.5, 0.6) is 5.75 Å². The summed E-state index contributed by atoms with van der Waals surface area (Å²) in [6, 6.07) is 6.43. The van der Waals surface area contributed by atoms with E-state index in [0.717, 1.165) is 29.7 Å². The van der Waals surface area contributed by atoms with Crippen LogP contribution in [0.2, 0.25) is 0 Å². The molecule has 18 heavy (non-hydrogen) atoms. The van der Waals surface area contributed by atoms with Gasteiger partial charge < -0.3 is 4.74 Å². The van der Waals surface area contributed by atoms with Gasteiger partial charge in [0.05, 0.1) is 12.1 Å². The number of hydrogen-bond acceptors (Lipinski definition) is 2. The van der Waals surface area contributed by atoms with Gasteiger partial charge in [-0.3, -0.25) is 5.32 Å². The summed E-state index contributed by atoms with van der Waals surface area (Å²) in [6.45, 7) is 4.81. The summed E-state index contributed by atoms with van der Waals surface area (Å²) in [4.78, 5) is 0. The molecule has 0 spiro atoms. The van der Waals surface area contributed by atoms with E-state index in [2.05, 4.69) is 33.2 Å². The number of benzene rings is 1. The van der Waals surface area contributed by atoms with Gasteiger partial charge in [-0.05, 0) is 38.8 Å². The fraction of sp³-hybridized carbons (Fsp3) is 0.467. The molecular formula is C15H18BrNO. The molecule has 1 aromatic carbocycles. The van der Waals surface area contributed by atoms with Crippen LogP contribution < -0.4 is 10.1 Å². The minimum atomic E-state index is -0.306. The molecule has 1 heterocycles. The van der Waals surface area contributed by atoms with Crippen molar-refractivity contribution in [2.45, 2.75) is 38.3 Å². The van der Waals surface area contributed by atoms with Crippen molar-refractivity contribution in [2.24, 2.45) is 0 Å². The molecule has 1 atom stereocenters. The van der Waals surface area contributed by atoms with Crippen molar-refractivity contribution < 1.29 is 4.74 Å².